The van der Waals surface area contributed by atoms with Gasteiger partial charge in [0, 0.05) is 5.69 Å². The lowest BCUT2D eigenvalue weighted by Crippen LogP contribution is -2.32. The van der Waals surface area contributed by atoms with E-state index >= 15 is 0 Å². The van der Waals surface area contributed by atoms with Crippen molar-refractivity contribution in [3.05, 3.63) is 53.3 Å². The molecule has 3 rings (SSSR count). The van der Waals surface area contributed by atoms with Crippen LogP contribution in [0.1, 0.15) is 21.7 Å². The van der Waals surface area contributed by atoms with Crippen molar-refractivity contribution in [3.8, 4) is 5.75 Å². The Balaban J connectivity index is 1.49. The molecule has 8 heteroatoms. The summed E-state index contributed by atoms with van der Waals surface area (Å²) in [5, 5.41) is 6.93. The van der Waals surface area contributed by atoms with Gasteiger partial charge in [-0.1, -0.05) is 23.4 Å². The van der Waals surface area contributed by atoms with Gasteiger partial charge >= 0.3 is 5.97 Å². The fourth-order valence-corrected chi connectivity index (χ4v) is 2.51. The maximum absolute atomic E-state index is 12.4. The second-order valence-electron chi connectivity index (χ2n) is 5.85. The fraction of sp³-hybridized carbons (Fsp3) is 0.263. The Morgan fingerprint density at radius 1 is 1.19 bits per heavy atom. The molecule has 27 heavy (non-hydrogen) atoms. The summed E-state index contributed by atoms with van der Waals surface area (Å²) in [5.41, 5.74) is 1.67. The maximum Gasteiger partial charge on any atom is 0.339 e. The number of rotatable bonds is 7. The SMILES string of the molecule is Cc1cc(C(=O)OCC(=O)NCCOc2ccccc2)c2c(C)noc2n1. The number of carbonyl (C=O) groups is 2. The molecule has 8 nitrogen and oxygen atoms in total. The van der Waals surface area contributed by atoms with E-state index in [-0.39, 0.29) is 11.3 Å². The van der Waals surface area contributed by atoms with Crippen molar-refractivity contribution in [1.29, 1.82) is 0 Å². The lowest BCUT2D eigenvalue weighted by atomic mass is 10.1. The lowest BCUT2D eigenvalue weighted by Gasteiger charge is -2.09. The molecule has 3 aromatic rings. The first-order valence-electron chi connectivity index (χ1n) is 8.40. The number of fused-ring (bicyclic) bond motifs is 1. The van der Waals surface area contributed by atoms with Crippen LogP contribution in [0.5, 0.6) is 5.75 Å². The molecule has 0 bridgehead atoms. The van der Waals surface area contributed by atoms with Gasteiger partial charge in [-0.2, -0.15) is 0 Å². The molecule has 0 aliphatic heterocycles. The van der Waals surface area contributed by atoms with Gasteiger partial charge in [-0.25, -0.2) is 9.78 Å². The zero-order valence-electron chi connectivity index (χ0n) is 15.0. The van der Waals surface area contributed by atoms with Crippen LogP contribution in [0.25, 0.3) is 11.1 Å². The smallest absolute Gasteiger partial charge is 0.339 e. The van der Waals surface area contributed by atoms with Gasteiger partial charge in [0.2, 0.25) is 0 Å². The number of pyridine rings is 1. The van der Waals surface area contributed by atoms with Crippen LogP contribution in [0.3, 0.4) is 0 Å². The normalized spacial score (nSPS) is 10.6. The molecule has 0 unspecified atom stereocenters. The van der Waals surface area contributed by atoms with Crippen molar-refractivity contribution in [3.63, 3.8) is 0 Å². The highest BCUT2D eigenvalue weighted by Gasteiger charge is 2.19. The van der Waals surface area contributed by atoms with Crippen LogP contribution in [0.2, 0.25) is 0 Å². The zero-order valence-corrected chi connectivity index (χ0v) is 15.0. The van der Waals surface area contributed by atoms with Gasteiger partial charge in [-0.05, 0) is 32.0 Å². The number of benzene rings is 1. The highest BCUT2D eigenvalue weighted by Crippen LogP contribution is 2.22. The molecule has 140 valence electrons. The number of hydrogen-bond acceptors (Lipinski definition) is 7. The molecule has 0 aliphatic carbocycles. The Kier molecular flexibility index (Phi) is 5.65. The quantitative estimate of drug-likeness (QED) is 0.503. The summed E-state index contributed by atoms with van der Waals surface area (Å²) in [6.45, 7) is 3.66. The number of para-hydroxylation sites is 1. The van der Waals surface area contributed by atoms with Crippen LogP contribution in [-0.4, -0.2) is 41.8 Å². The molecule has 0 saturated carbocycles. The van der Waals surface area contributed by atoms with Crippen molar-refractivity contribution >= 4 is 23.0 Å². The first kappa shape index (κ1) is 18.4. The van der Waals surface area contributed by atoms with Crippen LogP contribution in [0.4, 0.5) is 0 Å². The molecule has 1 aromatic carbocycles. The summed E-state index contributed by atoms with van der Waals surface area (Å²) < 4.78 is 15.7. The van der Waals surface area contributed by atoms with Gasteiger partial charge < -0.3 is 19.3 Å². The molecular formula is C19H19N3O5. The van der Waals surface area contributed by atoms with Gasteiger partial charge in [-0.15, -0.1) is 0 Å². The van der Waals surface area contributed by atoms with Crippen LogP contribution < -0.4 is 10.1 Å². The van der Waals surface area contributed by atoms with Crippen molar-refractivity contribution in [1.82, 2.24) is 15.5 Å². The van der Waals surface area contributed by atoms with Crippen molar-refractivity contribution in [2.24, 2.45) is 0 Å². The number of amides is 1. The molecule has 1 amide bonds. The molecule has 0 fully saturated rings. The number of hydrogen-bond donors (Lipinski definition) is 1. The molecule has 0 atom stereocenters. The first-order valence-corrected chi connectivity index (χ1v) is 8.40. The monoisotopic (exact) mass is 369 g/mol. The van der Waals surface area contributed by atoms with Gasteiger partial charge in [0.15, 0.2) is 6.61 Å². The lowest BCUT2D eigenvalue weighted by molar-refractivity contribution is -0.124. The topological polar surface area (TPSA) is 104 Å². The predicted octanol–water partition coefficient (Wildman–Crippen LogP) is 2.19. The van der Waals surface area contributed by atoms with Gasteiger partial charge in [0.25, 0.3) is 11.6 Å². The highest BCUT2D eigenvalue weighted by atomic mass is 16.5. The molecule has 0 aliphatic rings. The fourth-order valence-electron chi connectivity index (χ4n) is 2.51. The number of aromatic nitrogens is 2. The Morgan fingerprint density at radius 2 is 1.96 bits per heavy atom. The number of esters is 1. The van der Waals surface area contributed by atoms with Crippen LogP contribution in [-0.2, 0) is 9.53 Å². The van der Waals surface area contributed by atoms with Crippen LogP contribution >= 0.6 is 0 Å². The van der Waals surface area contributed by atoms with E-state index in [9.17, 15) is 9.59 Å². The van der Waals surface area contributed by atoms with E-state index in [1.807, 2.05) is 30.3 Å². The number of aryl methyl sites for hydroxylation is 2. The second kappa shape index (κ2) is 8.31. The van der Waals surface area contributed by atoms with Crippen LogP contribution in [0, 0.1) is 13.8 Å². The minimum absolute atomic E-state index is 0.266. The minimum Gasteiger partial charge on any atom is -0.492 e. The largest absolute Gasteiger partial charge is 0.492 e. The Bertz CT molecular complexity index is 953. The Labute approximate surface area is 155 Å². The third-order valence-electron chi connectivity index (χ3n) is 3.74. The zero-order chi connectivity index (χ0) is 19.2. The standard InChI is InChI=1S/C19H19N3O5/c1-12-10-15(17-13(2)22-27-18(17)21-12)19(24)26-11-16(23)20-8-9-25-14-6-4-3-5-7-14/h3-7,10H,8-9,11H2,1-2H3,(H,20,23). The summed E-state index contributed by atoms with van der Waals surface area (Å²) in [6.07, 6.45) is 0. The summed E-state index contributed by atoms with van der Waals surface area (Å²) in [7, 11) is 0. The first-order chi connectivity index (χ1) is 13.0. The number of nitrogens with one attached hydrogen (secondary N) is 1. The molecule has 0 radical (unpaired) electrons. The number of carbonyl (C=O) groups excluding carboxylic acids is 2. The summed E-state index contributed by atoms with van der Waals surface area (Å²) >= 11 is 0. The number of nitrogens with zero attached hydrogens (tertiary/aromatic N) is 2. The van der Waals surface area contributed by atoms with Gasteiger partial charge in [0.05, 0.1) is 23.2 Å². The molecule has 1 N–H and O–H groups in total. The minimum atomic E-state index is -0.632. The summed E-state index contributed by atoms with van der Waals surface area (Å²) in [5.74, 6) is -0.323. The second-order valence-corrected chi connectivity index (χ2v) is 5.85. The van der Waals surface area contributed by atoms with E-state index in [0.29, 0.717) is 29.9 Å². The molecular weight excluding hydrogens is 350 g/mol. The van der Waals surface area contributed by atoms with Crippen LogP contribution in [0.15, 0.2) is 40.9 Å². The van der Waals surface area contributed by atoms with E-state index in [0.717, 1.165) is 5.75 Å². The van der Waals surface area contributed by atoms with Gasteiger partial charge in [0.1, 0.15) is 12.4 Å². The summed E-state index contributed by atoms with van der Waals surface area (Å²) in [4.78, 5) is 28.4. The highest BCUT2D eigenvalue weighted by molar-refractivity contribution is 6.03. The Morgan fingerprint density at radius 3 is 2.74 bits per heavy atom. The van der Waals surface area contributed by atoms with Crippen molar-refractivity contribution in [2.45, 2.75) is 13.8 Å². The van der Waals surface area contributed by atoms with E-state index in [1.54, 1.807) is 19.9 Å². The third-order valence-corrected chi connectivity index (χ3v) is 3.74. The van der Waals surface area contributed by atoms with Crippen molar-refractivity contribution in [2.75, 3.05) is 19.8 Å². The van der Waals surface area contributed by atoms with E-state index in [2.05, 4.69) is 15.5 Å². The van der Waals surface area contributed by atoms with E-state index in [4.69, 9.17) is 14.0 Å². The van der Waals surface area contributed by atoms with Crippen molar-refractivity contribution < 1.29 is 23.6 Å². The third kappa shape index (κ3) is 4.60. The Hall–Kier alpha value is -3.42. The average molecular weight is 369 g/mol. The molecule has 0 spiro atoms. The molecule has 2 heterocycles. The maximum atomic E-state index is 12.4. The van der Waals surface area contributed by atoms with E-state index < -0.39 is 18.5 Å². The predicted molar refractivity (Wildman–Crippen MR) is 96.5 cm³/mol. The molecule has 2 aromatic heterocycles. The average Bonchev–Trinajstić information content (AvgIpc) is 3.04. The molecule has 0 saturated heterocycles. The van der Waals surface area contributed by atoms with E-state index in [1.165, 1.54) is 0 Å². The van der Waals surface area contributed by atoms with Gasteiger partial charge in [-0.3, -0.25) is 4.79 Å². The summed E-state index contributed by atoms with van der Waals surface area (Å²) in [6, 6.07) is 10.9. The number of ether oxygens (including phenoxy) is 2.